The van der Waals surface area contributed by atoms with Crippen LogP contribution in [0.3, 0.4) is 0 Å². The van der Waals surface area contributed by atoms with Gasteiger partial charge in [-0.05, 0) is 30.6 Å². The molecule has 10 rings (SSSR count). The van der Waals surface area contributed by atoms with Crippen LogP contribution < -0.4 is 17.2 Å². The monoisotopic (exact) mass is 1390 g/mol. The topological polar surface area (TPSA) is 480 Å². The molecule has 6 aromatic heterocycles. The minimum Gasteiger partial charge on any atom is -0.465 e. The van der Waals surface area contributed by atoms with Gasteiger partial charge in [-0.15, -0.1) is 0 Å². The summed E-state index contributed by atoms with van der Waals surface area (Å²) in [6, 6.07) is 0. The molecule has 0 aromatic carbocycles. The van der Waals surface area contributed by atoms with Gasteiger partial charge < -0.3 is 70.5 Å². The molecule has 0 aliphatic carbocycles. The summed E-state index contributed by atoms with van der Waals surface area (Å²) < 4.78 is 110. The van der Waals surface area contributed by atoms with Crippen LogP contribution in [-0.2, 0) is 69.5 Å². The Balaban J connectivity index is 0.751. The molecular weight excluding hydrogens is 1300 g/mol. The lowest BCUT2D eigenvalue weighted by molar-refractivity contribution is -0.165. The standard InChI is InChI=1S/C54H82N15O20P3S/c1-3-4-5-6-7-8-9-10-11-12-13-14-15-16-17-19-35(70)80-22-23-93-92(77,78)83-25-34-41(79-2)43(53(86-34)69-32-66-38-47(57)60-29-63-50(38)69)89-90(73,74)82-24-33-39(71)42(52(85-33)68-31-65-37-46(56)59-28-62-49(37)68)88-91(75,76)84-26-54-20-18-21-81-44(54)40(72)51(87-54)67-30-64-36-45(55)58-27-61-48(36)67/h27-34,39-44,51-53,71-72H,3-26H2,1-2H3,(H,73,74)(H,75,76)(H,77,78)(H2,55,58,61)(H2,56,59,62)(H2,57,60,63)/t33-,34-,39?,40?,41?,42?,43?,44?,51-,52-,53-,54-/m1/s1. The molecule has 4 saturated heterocycles. The fourth-order valence-electron chi connectivity index (χ4n) is 12.1. The fourth-order valence-corrected chi connectivity index (χ4v) is 16.1. The highest BCUT2D eigenvalue weighted by atomic mass is 32.7. The second-order valence-electron chi connectivity index (χ2n) is 23.2. The number of rotatable bonds is 37. The number of carbonyl (C=O) groups is 1. The van der Waals surface area contributed by atoms with Gasteiger partial charge in [0.2, 0.25) is 0 Å². The van der Waals surface area contributed by atoms with Gasteiger partial charge in [0.05, 0.1) is 38.8 Å². The van der Waals surface area contributed by atoms with Crippen molar-refractivity contribution in [2.45, 2.75) is 196 Å². The van der Waals surface area contributed by atoms with E-state index in [-0.39, 0.29) is 82.8 Å². The number of hydrogen-bond donors (Lipinski definition) is 8. The minimum atomic E-state index is -5.40. The molecule has 93 heavy (non-hydrogen) atoms. The Kier molecular flexibility index (Phi) is 24.3. The molecule has 4 aliphatic rings. The summed E-state index contributed by atoms with van der Waals surface area (Å²) in [5.74, 6) is -0.493. The van der Waals surface area contributed by atoms with Crippen LogP contribution in [0.5, 0.6) is 0 Å². The first kappa shape index (κ1) is 70.8. The maximum Gasteiger partial charge on any atom is 0.472 e. The Labute approximate surface area is 538 Å². The summed E-state index contributed by atoms with van der Waals surface area (Å²) in [5.41, 5.74) is 17.4. The third-order valence-corrected chi connectivity index (χ3v) is 21.7. The molecule has 15 atom stereocenters. The summed E-state index contributed by atoms with van der Waals surface area (Å²) in [5, 5.41) is 23.6. The Bertz CT molecular complexity index is 3600. The normalized spacial score (nSPS) is 27.6. The van der Waals surface area contributed by atoms with Gasteiger partial charge in [0.15, 0.2) is 53.1 Å². The number of nitrogen functional groups attached to an aromatic ring is 3. The number of phosphoric acid groups is 2. The number of nitrogens with zero attached hydrogens (tertiary/aromatic N) is 12. The Morgan fingerprint density at radius 2 is 1.11 bits per heavy atom. The highest BCUT2D eigenvalue weighted by Gasteiger charge is 2.60. The van der Waals surface area contributed by atoms with E-state index in [9.17, 15) is 43.4 Å². The number of fused-ring (bicyclic) bond motifs is 4. The number of methoxy groups -OCH3 is 1. The number of anilines is 3. The van der Waals surface area contributed by atoms with E-state index in [1.54, 1.807) is 0 Å². The average molecular weight is 1390 g/mol. The number of aliphatic hydroxyl groups is 2. The van der Waals surface area contributed by atoms with Gasteiger partial charge in [0.1, 0.15) is 96.6 Å². The van der Waals surface area contributed by atoms with Gasteiger partial charge in [0, 0.05) is 25.9 Å². The Hall–Kier alpha value is -5.04. The van der Waals surface area contributed by atoms with Crippen molar-refractivity contribution in [2.24, 2.45) is 0 Å². The molecule has 11 N–H and O–H groups in total. The van der Waals surface area contributed by atoms with Crippen LogP contribution in [-0.4, -0.2) is 190 Å². The SMILES string of the molecule is CCCCCCCCCCCCCCCCCC(=O)OCCSP(=O)(O)OC[C@H]1O[C@@H](n2cnc3c(N)ncnc32)C(OP(=O)(O)OC[C@H]2O[C@@H](n3cnc4c(N)ncnc43)C(OP(=O)(O)OC[C@]34CCCOC3C(O)[C@H](n3cnc5c(N)ncnc53)O4)C2O)C1OC. The van der Waals surface area contributed by atoms with Crippen molar-refractivity contribution in [1.82, 2.24) is 58.6 Å². The van der Waals surface area contributed by atoms with E-state index in [2.05, 4.69) is 51.8 Å². The molecule has 514 valence electrons. The summed E-state index contributed by atoms with van der Waals surface area (Å²) in [4.78, 5) is 83.9. The molecular formula is C54H82N15O20P3S. The highest BCUT2D eigenvalue weighted by molar-refractivity contribution is 8.54. The number of aromatic nitrogens is 12. The number of carbonyl (C=O) groups excluding carboxylic acids is 1. The zero-order valence-corrected chi connectivity index (χ0v) is 55.0. The molecule has 6 aromatic rings. The molecule has 4 aliphatic heterocycles. The molecule has 0 bridgehead atoms. The number of aliphatic hydroxyl groups excluding tert-OH is 2. The molecule has 10 heterocycles. The van der Waals surface area contributed by atoms with E-state index >= 15 is 0 Å². The van der Waals surface area contributed by atoms with Crippen molar-refractivity contribution < 1.29 is 94.4 Å². The molecule has 0 saturated carbocycles. The van der Waals surface area contributed by atoms with Gasteiger partial charge in [-0.25, -0.2) is 58.6 Å². The van der Waals surface area contributed by atoms with E-state index in [4.69, 9.17) is 68.2 Å². The quantitative estimate of drug-likeness (QED) is 0.0128. The first-order chi connectivity index (χ1) is 44.7. The van der Waals surface area contributed by atoms with Crippen molar-refractivity contribution in [3.63, 3.8) is 0 Å². The fraction of sp³-hybridized carbons (Fsp3) is 0.704. The number of hydrogen-bond acceptors (Lipinski definition) is 30. The van der Waals surface area contributed by atoms with E-state index in [0.717, 1.165) is 31.9 Å². The van der Waals surface area contributed by atoms with Crippen LogP contribution in [0.25, 0.3) is 33.5 Å². The number of unbranched alkanes of at least 4 members (excludes halogenated alkanes) is 14. The van der Waals surface area contributed by atoms with Crippen LogP contribution in [0.1, 0.15) is 141 Å². The molecule has 35 nitrogen and oxygen atoms in total. The predicted molar refractivity (Wildman–Crippen MR) is 332 cm³/mol. The van der Waals surface area contributed by atoms with Crippen LogP contribution in [0.15, 0.2) is 38.0 Å². The number of imidazole rings is 3. The van der Waals surface area contributed by atoms with Crippen LogP contribution >= 0.6 is 33.8 Å². The van der Waals surface area contributed by atoms with E-state index in [1.807, 2.05) is 0 Å². The van der Waals surface area contributed by atoms with E-state index in [0.29, 0.717) is 24.2 Å². The second-order valence-corrected chi connectivity index (χ2v) is 30.0. The molecule has 4 fully saturated rings. The lowest BCUT2D eigenvalue weighted by Crippen LogP contribution is -2.51. The molecule has 39 heteroatoms. The Morgan fingerprint density at radius 1 is 0.624 bits per heavy atom. The average Bonchev–Trinajstić information content (AvgIpc) is 1.60. The number of ether oxygens (including phenoxy) is 6. The van der Waals surface area contributed by atoms with Gasteiger partial charge in [0.25, 0.3) is 0 Å². The zero-order valence-electron chi connectivity index (χ0n) is 51.5. The summed E-state index contributed by atoms with van der Waals surface area (Å²) in [7, 11) is -9.53. The van der Waals surface area contributed by atoms with Gasteiger partial charge in [-0.3, -0.25) is 41.1 Å². The molecule has 0 amide bonds. The molecule has 0 spiro atoms. The highest BCUT2D eigenvalue weighted by Crippen LogP contribution is 2.58. The van der Waals surface area contributed by atoms with E-state index < -0.39 is 121 Å². The predicted octanol–water partition coefficient (Wildman–Crippen LogP) is 5.89. The van der Waals surface area contributed by atoms with Crippen molar-refractivity contribution >= 4 is 90.7 Å². The largest absolute Gasteiger partial charge is 0.472 e. The summed E-state index contributed by atoms with van der Waals surface area (Å²) in [6.45, 7) is -4.50. The smallest absolute Gasteiger partial charge is 0.465 e. The molecule has 0 radical (unpaired) electrons. The minimum absolute atomic E-state index is 0.0201. The number of phosphoric ester groups is 2. The van der Waals surface area contributed by atoms with E-state index in [1.165, 1.54) is 117 Å². The van der Waals surface area contributed by atoms with Gasteiger partial charge in [-0.1, -0.05) is 96.8 Å². The van der Waals surface area contributed by atoms with Gasteiger partial charge in [-0.2, -0.15) is 0 Å². The van der Waals surface area contributed by atoms with Crippen molar-refractivity contribution in [3.05, 3.63) is 38.0 Å². The van der Waals surface area contributed by atoms with Crippen LogP contribution in [0.4, 0.5) is 17.5 Å². The summed E-state index contributed by atoms with van der Waals surface area (Å²) in [6.07, 6.45) is 9.44. The number of nitrogens with two attached hydrogens (primary N) is 3. The lowest BCUT2D eigenvalue weighted by atomic mass is 9.89. The maximum absolute atomic E-state index is 14.3. The van der Waals surface area contributed by atoms with Crippen LogP contribution in [0, 0.1) is 0 Å². The third-order valence-electron chi connectivity index (χ3n) is 16.7. The molecule has 9 unspecified atom stereocenters. The van der Waals surface area contributed by atoms with Gasteiger partial charge >= 0.3 is 28.4 Å². The zero-order chi connectivity index (χ0) is 65.9. The van der Waals surface area contributed by atoms with Crippen LogP contribution in [0.2, 0.25) is 0 Å². The van der Waals surface area contributed by atoms with Crippen molar-refractivity contribution in [2.75, 3.05) is 63.1 Å². The lowest BCUT2D eigenvalue weighted by Gasteiger charge is -2.38. The number of esters is 1. The first-order valence-electron chi connectivity index (χ1n) is 31.1. The first-order valence-corrected chi connectivity index (χ1v) is 37.3. The Morgan fingerprint density at radius 3 is 1.66 bits per heavy atom. The summed E-state index contributed by atoms with van der Waals surface area (Å²) >= 11 is 0.521. The van der Waals surface area contributed by atoms with Crippen molar-refractivity contribution in [1.29, 1.82) is 0 Å². The maximum atomic E-state index is 14.3. The third kappa shape index (κ3) is 17.2. The van der Waals surface area contributed by atoms with Crippen molar-refractivity contribution in [3.8, 4) is 0 Å². The second kappa shape index (κ2) is 31.9.